The first-order valence-corrected chi connectivity index (χ1v) is 7.62. The molecule has 2 aromatic rings. The van der Waals surface area contributed by atoms with Crippen molar-refractivity contribution in [1.82, 2.24) is 20.4 Å². The first-order chi connectivity index (χ1) is 11.6. The first kappa shape index (κ1) is 17.9. The van der Waals surface area contributed by atoms with Crippen molar-refractivity contribution in [3.05, 3.63) is 47.6 Å². The zero-order chi connectivity index (χ0) is 17.4. The third kappa shape index (κ3) is 5.32. The molecule has 1 aromatic carbocycles. The Hall–Kier alpha value is -2.45. The summed E-state index contributed by atoms with van der Waals surface area (Å²) in [4.78, 5) is 17.6. The van der Waals surface area contributed by atoms with E-state index in [-0.39, 0.29) is 19.1 Å². The minimum absolute atomic E-state index is 0.154. The number of amides is 2. The third-order valence-corrected chi connectivity index (χ3v) is 3.41. The third-order valence-electron chi connectivity index (χ3n) is 3.41. The Morgan fingerprint density at radius 1 is 1.42 bits per heavy atom. The molecule has 0 bridgehead atoms. The number of likely N-dealkylation sites (N-methyl/N-ethyl adjacent to an activating group) is 1. The van der Waals surface area contributed by atoms with Crippen LogP contribution in [0.25, 0.3) is 0 Å². The number of aromatic nitrogens is 2. The molecule has 1 atom stereocenters. The van der Waals surface area contributed by atoms with E-state index in [0.29, 0.717) is 24.7 Å². The van der Waals surface area contributed by atoms with E-state index < -0.39 is 6.10 Å². The van der Waals surface area contributed by atoms with E-state index in [2.05, 4.69) is 15.5 Å². The van der Waals surface area contributed by atoms with Gasteiger partial charge in [0, 0.05) is 14.2 Å². The van der Waals surface area contributed by atoms with Gasteiger partial charge in [-0.2, -0.15) is 4.98 Å². The molecule has 8 heteroatoms. The zero-order valence-electron chi connectivity index (χ0n) is 13.8. The Labute approximate surface area is 140 Å². The summed E-state index contributed by atoms with van der Waals surface area (Å²) in [5, 5.41) is 16.6. The fourth-order valence-corrected chi connectivity index (χ4v) is 2.07. The van der Waals surface area contributed by atoms with Crippen molar-refractivity contribution in [2.75, 3.05) is 27.3 Å². The van der Waals surface area contributed by atoms with Crippen LogP contribution in [0.4, 0.5) is 4.79 Å². The highest BCUT2D eigenvalue weighted by atomic mass is 16.5. The molecule has 1 heterocycles. The summed E-state index contributed by atoms with van der Waals surface area (Å²) in [6, 6.07) is 8.87. The summed E-state index contributed by atoms with van der Waals surface area (Å²) in [5.41, 5.74) is 0.762. The molecule has 0 unspecified atom stereocenters. The topological polar surface area (TPSA) is 101 Å². The number of nitrogens with zero attached hydrogens (tertiary/aromatic N) is 3. The van der Waals surface area contributed by atoms with Gasteiger partial charge < -0.3 is 24.6 Å². The molecule has 0 saturated carbocycles. The monoisotopic (exact) mass is 334 g/mol. The second-order valence-electron chi connectivity index (χ2n) is 5.31. The maximum absolute atomic E-state index is 12.1. The number of ether oxygens (including phenoxy) is 1. The standard InChI is InChI=1S/C16H22N4O4/c1-20(11-13(21)12-6-4-3-5-7-12)16(22)17-10-14-18-15(24-19-14)8-9-23-2/h3-7,13,21H,8-11H2,1-2H3,(H,17,22)/t13-/m1/s1. The van der Waals surface area contributed by atoms with Crippen molar-refractivity contribution in [2.24, 2.45) is 0 Å². The van der Waals surface area contributed by atoms with E-state index in [0.717, 1.165) is 5.56 Å². The normalized spacial score (nSPS) is 12.0. The van der Waals surface area contributed by atoms with Crippen molar-refractivity contribution in [1.29, 1.82) is 0 Å². The maximum atomic E-state index is 12.1. The molecular weight excluding hydrogens is 312 g/mol. The number of carbonyl (C=O) groups excluding carboxylic acids is 1. The van der Waals surface area contributed by atoms with Crippen LogP contribution in [0.2, 0.25) is 0 Å². The molecule has 2 N–H and O–H groups in total. The van der Waals surface area contributed by atoms with Crippen LogP contribution in [0, 0.1) is 0 Å². The van der Waals surface area contributed by atoms with E-state index in [9.17, 15) is 9.90 Å². The number of rotatable bonds is 8. The van der Waals surface area contributed by atoms with Crippen molar-refractivity contribution in [3.8, 4) is 0 Å². The molecule has 0 aliphatic rings. The number of benzene rings is 1. The molecule has 0 aliphatic heterocycles. The summed E-state index contributed by atoms with van der Waals surface area (Å²) in [6.07, 6.45) is -0.214. The van der Waals surface area contributed by atoms with Crippen LogP contribution in [-0.4, -0.2) is 53.5 Å². The zero-order valence-corrected chi connectivity index (χ0v) is 13.8. The van der Waals surface area contributed by atoms with Gasteiger partial charge in [0.25, 0.3) is 0 Å². The quantitative estimate of drug-likeness (QED) is 0.751. The van der Waals surface area contributed by atoms with Crippen LogP contribution in [0.5, 0.6) is 0 Å². The number of hydrogen-bond donors (Lipinski definition) is 2. The number of carbonyl (C=O) groups is 1. The lowest BCUT2D eigenvalue weighted by atomic mass is 10.1. The molecule has 1 aromatic heterocycles. The summed E-state index contributed by atoms with van der Waals surface area (Å²) < 4.78 is 9.97. The number of methoxy groups -OCH3 is 1. The van der Waals surface area contributed by atoms with Gasteiger partial charge >= 0.3 is 6.03 Å². The highest BCUT2D eigenvalue weighted by molar-refractivity contribution is 5.73. The number of hydrogen-bond acceptors (Lipinski definition) is 6. The molecule has 2 amide bonds. The second-order valence-corrected chi connectivity index (χ2v) is 5.31. The van der Waals surface area contributed by atoms with Crippen molar-refractivity contribution >= 4 is 6.03 Å². The van der Waals surface area contributed by atoms with Crippen molar-refractivity contribution in [2.45, 2.75) is 19.1 Å². The molecular formula is C16H22N4O4. The van der Waals surface area contributed by atoms with Gasteiger partial charge in [0.05, 0.1) is 32.2 Å². The molecule has 0 saturated heterocycles. The van der Waals surface area contributed by atoms with Gasteiger partial charge in [0.15, 0.2) is 5.82 Å². The van der Waals surface area contributed by atoms with Crippen LogP contribution in [0.15, 0.2) is 34.9 Å². The van der Waals surface area contributed by atoms with Crippen LogP contribution >= 0.6 is 0 Å². The smallest absolute Gasteiger partial charge is 0.317 e. The van der Waals surface area contributed by atoms with Crippen LogP contribution in [0.1, 0.15) is 23.4 Å². The molecule has 2 rings (SSSR count). The molecule has 0 aliphatic carbocycles. The number of aliphatic hydroxyl groups is 1. The predicted molar refractivity (Wildman–Crippen MR) is 86.1 cm³/mol. The highest BCUT2D eigenvalue weighted by Crippen LogP contribution is 2.12. The summed E-state index contributed by atoms with van der Waals surface area (Å²) in [5.74, 6) is 0.861. The summed E-state index contributed by atoms with van der Waals surface area (Å²) in [7, 11) is 3.21. The van der Waals surface area contributed by atoms with Gasteiger partial charge in [0.1, 0.15) is 0 Å². The largest absolute Gasteiger partial charge is 0.387 e. The van der Waals surface area contributed by atoms with Gasteiger partial charge in [-0.1, -0.05) is 35.5 Å². The molecule has 0 radical (unpaired) electrons. The van der Waals surface area contributed by atoms with Crippen molar-refractivity contribution < 1.29 is 19.2 Å². The maximum Gasteiger partial charge on any atom is 0.317 e. The van der Waals surface area contributed by atoms with E-state index in [4.69, 9.17) is 9.26 Å². The number of aliphatic hydroxyl groups excluding tert-OH is 1. The minimum Gasteiger partial charge on any atom is -0.387 e. The minimum atomic E-state index is -0.743. The molecule has 0 spiro atoms. The second kappa shape index (κ2) is 8.99. The van der Waals surface area contributed by atoms with Crippen molar-refractivity contribution in [3.63, 3.8) is 0 Å². The van der Waals surface area contributed by atoms with E-state index in [1.165, 1.54) is 4.90 Å². The average Bonchev–Trinajstić information content (AvgIpc) is 3.06. The Kier molecular flexibility index (Phi) is 6.71. The lowest BCUT2D eigenvalue weighted by Crippen LogP contribution is -2.39. The number of urea groups is 1. The molecule has 24 heavy (non-hydrogen) atoms. The highest BCUT2D eigenvalue weighted by Gasteiger charge is 2.15. The predicted octanol–water partition coefficient (Wildman–Crippen LogP) is 1.13. The van der Waals surface area contributed by atoms with Gasteiger partial charge in [0.2, 0.25) is 5.89 Å². The van der Waals surface area contributed by atoms with Crippen LogP contribution in [0.3, 0.4) is 0 Å². The molecule has 8 nitrogen and oxygen atoms in total. The summed E-state index contributed by atoms with van der Waals surface area (Å²) in [6.45, 7) is 0.830. The van der Waals surface area contributed by atoms with Gasteiger partial charge in [-0.25, -0.2) is 4.79 Å². The van der Waals surface area contributed by atoms with E-state index >= 15 is 0 Å². The van der Waals surface area contributed by atoms with Crippen LogP contribution in [-0.2, 0) is 17.7 Å². The number of nitrogens with one attached hydrogen (secondary N) is 1. The van der Waals surface area contributed by atoms with E-state index in [1.807, 2.05) is 30.3 Å². The fourth-order valence-electron chi connectivity index (χ4n) is 2.07. The first-order valence-electron chi connectivity index (χ1n) is 7.62. The summed E-state index contributed by atoms with van der Waals surface area (Å²) >= 11 is 0. The van der Waals surface area contributed by atoms with Gasteiger partial charge in [-0.05, 0) is 5.56 Å². The van der Waals surface area contributed by atoms with Crippen LogP contribution < -0.4 is 5.32 Å². The SMILES string of the molecule is COCCc1nc(CNC(=O)N(C)C[C@@H](O)c2ccccc2)no1. The van der Waals surface area contributed by atoms with E-state index in [1.54, 1.807) is 14.2 Å². The fraction of sp³-hybridized carbons (Fsp3) is 0.438. The lowest BCUT2D eigenvalue weighted by Gasteiger charge is -2.21. The average molecular weight is 334 g/mol. The van der Waals surface area contributed by atoms with Gasteiger partial charge in [-0.15, -0.1) is 0 Å². The van der Waals surface area contributed by atoms with Gasteiger partial charge in [-0.3, -0.25) is 0 Å². The Morgan fingerprint density at radius 3 is 2.88 bits per heavy atom. The molecule has 0 fully saturated rings. The Balaban J connectivity index is 1.78. The lowest BCUT2D eigenvalue weighted by molar-refractivity contribution is 0.131. The Morgan fingerprint density at radius 2 is 2.17 bits per heavy atom. The Bertz CT molecular complexity index is 632. The molecule has 130 valence electrons.